The highest BCUT2D eigenvalue weighted by atomic mass is 127. The molecule has 1 heterocycles. The van der Waals surface area contributed by atoms with Crippen LogP contribution < -0.4 is 10.6 Å². The van der Waals surface area contributed by atoms with Gasteiger partial charge in [-0.25, -0.2) is 0 Å². The predicted octanol–water partition coefficient (Wildman–Crippen LogP) is 2.55. The van der Waals surface area contributed by atoms with Gasteiger partial charge in [0.15, 0.2) is 5.96 Å². The third kappa shape index (κ3) is 8.06. The Morgan fingerprint density at radius 1 is 1.25 bits per heavy atom. The van der Waals surface area contributed by atoms with Gasteiger partial charge in [0.05, 0.1) is 6.54 Å². The van der Waals surface area contributed by atoms with Crippen molar-refractivity contribution in [3.63, 3.8) is 0 Å². The molecular formula is C14H27IN4S. The fourth-order valence-electron chi connectivity index (χ4n) is 1.70. The molecule has 20 heavy (non-hydrogen) atoms. The first kappa shape index (κ1) is 19.7. The Labute approximate surface area is 144 Å². The summed E-state index contributed by atoms with van der Waals surface area (Å²) < 4.78 is 0. The van der Waals surface area contributed by atoms with Crippen molar-refractivity contribution >= 4 is 41.3 Å². The molecule has 1 aromatic heterocycles. The molecule has 2 N–H and O–H groups in total. The number of hydrogen-bond donors (Lipinski definition) is 2. The van der Waals surface area contributed by atoms with Gasteiger partial charge in [0.25, 0.3) is 0 Å². The highest BCUT2D eigenvalue weighted by Gasteiger charge is 2.01. The van der Waals surface area contributed by atoms with E-state index in [1.165, 1.54) is 9.75 Å². The van der Waals surface area contributed by atoms with Gasteiger partial charge in [-0.05, 0) is 45.6 Å². The van der Waals surface area contributed by atoms with Crippen LogP contribution in [0.5, 0.6) is 0 Å². The second-order valence-electron chi connectivity index (χ2n) is 4.73. The van der Waals surface area contributed by atoms with Crippen molar-refractivity contribution in [2.45, 2.75) is 26.3 Å². The Hall–Kier alpha value is -0.340. The molecule has 116 valence electrons. The van der Waals surface area contributed by atoms with Gasteiger partial charge < -0.3 is 15.5 Å². The van der Waals surface area contributed by atoms with Crippen LogP contribution in [0.1, 0.15) is 23.1 Å². The maximum atomic E-state index is 4.23. The van der Waals surface area contributed by atoms with Gasteiger partial charge in [-0.15, -0.1) is 35.3 Å². The van der Waals surface area contributed by atoms with Gasteiger partial charge in [-0.2, -0.15) is 0 Å². The van der Waals surface area contributed by atoms with Crippen molar-refractivity contribution in [3.05, 3.63) is 21.9 Å². The molecule has 0 bridgehead atoms. The summed E-state index contributed by atoms with van der Waals surface area (Å²) in [6.45, 7) is 5.07. The first-order valence-electron chi connectivity index (χ1n) is 6.82. The minimum Gasteiger partial charge on any atom is -0.356 e. The maximum absolute atomic E-state index is 4.23. The lowest BCUT2D eigenvalue weighted by molar-refractivity contribution is 0.399. The molecule has 1 rings (SSSR count). The second-order valence-corrected chi connectivity index (χ2v) is 5.98. The molecule has 0 saturated carbocycles. The van der Waals surface area contributed by atoms with Gasteiger partial charge in [-0.3, -0.25) is 4.99 Å². The summed E-state index contributed by atoms with van der Waals surface area (Å²) in [4.78, 5) is 9.21. The van der Waals surface area contributed by atoms with Crippen LogP contribution >= 0.6 is 35.3 Å². The van der Waals surface area contributed by atoms with Crippen LogP contribution in [0, 0.1) is 0 Å². The zero-order valence-electron chi connectivity index (χ0n) is 12.9. The van der Waals surface area contributed by atoms with Gasteiger partial charge in [0, 0.05) is 23.3 Å². The molecule has 0 atom stereocenters. The zero-order valence-corrected chi connectivity index (χ0v) is 16.0. The number of aliphatic imine (C=N–C) groups is 1. The summed E-state index contributed by atoms with van der Waals surface area (Å²) in [6.07, 6.45) is 2.23. The van der Waals surface area contributed by atoms with Crippen LogP contribution in [0.3, 0.4) is 0 Å². The van der Waals surface area contributed by atoms with Crippen molar-refractivity contribution in [3.8, 4) is 0 Å². The average molecular weight is 410 g/mol. The lowest BCUT2D eigenvalue weighted by atomic mass is 10.3. The Bertz CT molecular complexity index is 390. The Kier molecular flexibility index (Phi) is 11.1. The molecule has 0 fully saturated rings. The molecule has 0 aliphatic carbocycles. The predicted molar refractivity (Wildman–Crippen MR) is 100 cm³/mol. The lowest BCUT2D eigenvalue weighted by Crippen LogP contribution is -2.37. The molecule has 0 radical (unpaired) electrons. The Morgan fingerprint density at radius 3 is 2.50 bits per heavy atom. The topological polar surface area (TPSA) is 39.7 Å². The first-order valence-corrected chi connectivity index (χ1v) is 7.64. The van der Waals surface area contributed by atoms with E-state index in [2.05, 4.69) is 53.7 Å². The van der Waals surface area contributed by atoms with Crippen molar-refractivity contribution in [1.82, 2.24) is 15.5 Å². The van der Waals surface area contributed by atoms with Gasteiger partial charge >= 0.3 is 0 Å². The number of hydrogen-bond acceptors (Lipinski definition) is 3. The zero-order chi connectivity index (χ0) is 14.1. The summed E-state index contributed by atoms with van der Waals surface area (Å²) >= 11 is 1.87. The number of nitrogens with one attached hydrogen (secondary N) is 2. The van der Waals surface area contributed by atoms with E-state index in [-0.39, 0.29) is 24.0 Å². The highest BCUT2D eigenvalue weighted by Crippen LogP contribution is 2.16. The van der Waals surface area contributed by atoms with Crippen molar-refractivity contribution in [2.75, 3.05) is 34.2 Å². The molecule has 6 heteroatoms. The van der Waals surface area contributed by atoms with E-state index in [1.54, 1.807) is 0 Å². The average Bonchev–Trinajstić information content (AvgIpc) is 2.85. The van der Waals surface area contributed by atoms with E-state index in [0.29, 0.717) is 0 Å². The van der Waals surface area contributed by atoms with Crippen LogP contribution in [0.2, 0.25) is 0 Å². The Balaban J connectivity index is 0.00000361. The first-order chi connectivity index (χ1) is 9.15. The van der Waals surface area contributed by atoms with Crippen molar-refractivity contribution < 1.29 is 0 Å². The molecule has 0 unspecified atom stereocenters. The molecule has 0 aliphatic heterocycles. The normalized spacial score (nSPS) is 11.3. The molecule has 1 aromatic rings. The second kappa shape index (κ2) is 11.3. The van der Waals surface area contributed by atoms with Crippen LogP contribution in [0.25, 0.3) is 0 Å². The van der Waals surface area contributed by atoms with Crippen LogP contribution in [0.4, 0.5) is 0 Å². The van der Waals surface area contributed by atoms with E-state index < -0.39 is 0 Å². The quantitative estimate of drug-likeness (QED) is 0.314. The molecule has 0 aromatic carbocycles. The third-order valence-electron chi connectivity index (χ3n) is 2.79. The van der Waals surface area contributed by atoms with Gasteiger partial charge in [0.1, 0.15) is 0 Å². The molecule has 0 spiro atoms. The van der Waals surface area contributed by atoms with Crippen molar-refractivity contribution in [2.24, 2.45) is 4.99 Å². The summed E-state index contributed by atoms with van der Waals surface area (Å²) in [7, 11) is 6.00. The molecule has 0 aliphatic rings. The third-order valence-corrected chi connectivity index (χ3v) is 4.02. The van der Waals surface area contributed by atoms with Crippen molar-refractivity contribution in [1.29, 1.82) is 0 Å². The number of halogens is 1. The lowest BCUT2D eigenvalue weighted by Gasteiger charge is -2.13. The molecule has 4 nitrogen and oxygen atoms in total. The Morgan fingerprint density at radius 2 is 1.95 bits per heavy atom. The smallest absolute Gasteiger partial charge is 0.191 e. The van der Waals surface area contributed by atoms with E-state index in [4.69, 9.17) is 0 Å². The van der Waals surface area contributed by atoms with Gasteiger partial charge in [0.2, 0.25) is 0 Å². The summed E-state index contributed by atoms with van der Waals surface area (Å²) in [6, 6.07) is 4.39. The summed E-state index contributed by atoms with van der Waals surface area (Å²) in [5, 5.41) is 6.68. The van der Waals surface area contributed by atoms with Crippen LogP contribution in [0.15, 0.2) is 17.1 Å². The minimum atomic E-state index is 0. The van der Waals surface area contributed by atoms with Crippen LogP contribution in [-0.4, -0.2) is 45.1 Å². The number of guanidine groups is 1. The summed E-state index contributed by atoms with van der Waals surface area (Å²) in [5.41, 5.74) is 0. The number of aryl methyl sites for hydroxylation is 1. The largest absolute Gasteiger partial charge is 0.356 e. The number of thiophene rings is 1. The standard InChI is InChI=1S/C14H26N4S.HI/c1-5-12-7-8-13(19-12)11-17-14(15-2)16-9-6-10-18(3)4;/h7-8H,5-6,9-11H2,1-4H3,(H2,15,16,17);1H. The van der Waals surface area contributed by atoms with E-state index in [9.17, 15) is 0 Å². The van der Waals surface area contributed by atoms with E-state index in [0.717, 1.165) is 38.4 Å². The monoisotopic (exact) mass is 410 g/mol. The number of rotatable bonds is 7. The summed E-state index contributed by atoms with van der Waals surface area (Å²) in [5.74, 6) is 0.880. The fraction of sp³-hybridized carbons (Fsp3) is 0.643. The van der Waals surface area contributed by atoms with E-state index >= 15 is 0 Å². The van der Waals surface area contributed by atoms with Crippen LogP contribution in [-0.2, 0) is 13.0 Å². The maximum Gasteiger partial charge on any atom is 0.191 e. The SMILES string of the molecule is CCc1ccc(CNC(=NC)NCCCN(C)C)s1.I. The van der Waals surface area contributed by atoms with Gasteiger partial charge in [-0.1, -0.05) is 6.92 Å². The fourth-order valence-corrected chi connectivity index (χ4v) is 2.60. The minimum absolute atomic E-state index is 0. The highest BCUT2D eigenvalue weighted by molar-refractivity contribution is 14.0. The molecular weight excluding hydrogens is 383 g/mol. The number of nitrogens with zero attached hydrogens (tertiary/aromatic N) is 2. The molecule has 0 amide bonds. The van der Waals surface area contributed by atoms with E-state index in [1.807, 2.05) is 18.4 Å². The molecule has 0 saturated heterocycles.